The number of rotatable bonds is 14. The van der Waals surface area contributed by atoms with Crippen molar-refractivity contribution in [2.75, 3.05) is 26.0 Å². The second-order valence-corrected chi connectivity index (χ2v) is 13.3. The van der Waals surface area contributed by atoms with E-state index in [2.05, 4.69) is 9.72 Å². The number of thioether (sulfide) groups is 1. The number of ether oxygens (including phenoxy) is 4. The van der Waals surface area contributed by atoms with Crippen molar-refractivity contribution in [1.29, 1.82) is 0 Å². The molecule has 0 spiro atoms. The minimum Gasteiger partial charge on any atom is -0.496 e. The van der Waals surface area contributed by atoms with E-state index >= 15 is 0 Å². The largest absolute Gasteiger partial charge is 0.496 e. The summed E-state index contributed by atoms with van der Waals surface area (Å²) in [5.74, 6) is -0.529. The fraction of sp³-hybridized carbons (Fsp3) is 0.367. The number of carbonyl (C=O) groups excluding carboxylic acids is 1. The molecule has 45 heavy (non-hydrogen) atoms. The average molecular weight is 702 g/mol. The molecule has 2 atom stereocenters. The van der Waals surface area contributed by atoms with Gasteiger partial charge in [-0.2, -0.15) is 8.78 Å². The van der Waals surface area contributed by atoms with Crippen LogP contribution >= 0.6 is 46.9 Å². The number of benzene rings is 2. The van der Waals surface area contributed by atoms with E-state index in [0.29, 0.717) is 40.8 Å². The molecule has 1 aliphatic carbocycles. The van der Waals surface area contributed by atoms with E-state index in [1.54, 1.807) is 12.1 Å². The van der Waals surface area contributed by atoms with E-state index < -0.39 is 30.0 Å². The molecule has 0 amide bonds. The van der Waals surface area contributed by atoms with Gasteiger partial charge >= 0.3 is 18.6 Å². The average Bonchev–Trinajstić information content (AvgIpc) is 3.73. The topological polar surface area (TPSA) is 107 Å². The lowest BCUT2D eigenvalue weighted by atomic mass is 10.0. The molecule has 5 rings (SSSR count). The minimum absolute atomic E-state index is 0.00127. The van der Waals surface area contributed by atoms with Crippen LogP contribution in [0.5, 0.6) is 17.2 Å². The third-order valence-corrected chi connectivity index (χ3v) is 10.1. The highest BCUT2D eigenvalue weighted by molar-refractivity contribution is 8.03. The van der Waals surface area contributed by atoms with Crippen LogP contribution < -0.4 is 14.2 Å². The van der Waals surface area contributed by atoms with E-state index in [1.165, 1.54) is 67.5 Å². The number of aromatic carboxylic acids is 1. The summed E-state index contributed by atoms with van der Waals surface area (Å²) in [6, 6.07) is 9.17. The van der Waals surface area contributed by atoms with E-state index in [0.717, 1.165) is 12.8 Å². The summed E-state index contributed by atoms with van der Waals surface area (Å²) in [6.45, 7) is -2.19. The molecule has 1 saturated heterocycles. The van der Waals surface area contributed by atoms with E-state index in [9.17, 15) is 23.5 Å². The molecule has 3 aromatic rings. The summed E-state index contributed by atoms with van der Waals surface area (Å²) in [5.41, 5.74) is 0.950. The summed E-state index contributed by atoms with van der Waals surface area (Å²) in [6.07, 6.45) is 3.96. The van der Waals surface area contributed by atoms with Crippen LogP contribution in [0.4, 0.5) is 8.78 Å². The molecule has 1 aliphatic heterocycles. The third-order valence-electron chi connectivity index (χ3n) is 7.00. The molecular weight excluding hydrogens is 673 g/mol. The Morgan fingerprint density at radius 3 is 2.51 bits per heavy atom. The fourth-order valence-electron chi connectivity index (χ4n) is 4.55. The Kier molecular flexibility index (Phi) is 11.2. The minimum atomic E-state index is -3.05. The summed E-state index contributed by atoms with van der Waals surface area (Å²) >= 11 is 15.4. The Labute approximate surface area is 276 Å². The van der Waals surface area contributed by atoms with Gasteiger partial charge in [0.1, 0.15) is 17.4 Å². The molecule has 1 saturated carbocycles. The van der Waals surface area contributed by atoms with Crippen molar-refractivity contribution in [3.05, 3.63) is 75.5 Å². The third kappa shape index (κ3) is 8.64. The van der Waals surface area contributed by atoms with Crippen LogP contribution in [0.2, 0.25) is 10.0 Å². The Balaban J connectivity index is 1.41. The van der Waals surface area contributed by atoms with Crippen LogP contribution in [0, 0.1) is 5.92 Å². The van der Waals surface area contributed by atoms with Crippen molar-refractivity contribution in [3.63, 3.8) is 0 Å². The number of methoxy groups -OCH3 is 1. The zero-order valence-electron chi connectivity index (χ0n) is 23.8. The van der Waals surface area contributed by atoms with E-state index in [1.807, 2.05) is 4.31 Å². The molecule has 0 bridgehead atoms. The summed E-state index contributed by atoms with van der Waals surface area (Å²) in [7, 11) is 1.39. The van der Waals surface area contributed by atoms with Gasteiger partial charge in [0.15, 0.2) is 16.9 Å². The van der Waals surface area contributed by atoms with Crippen LogP contribution in [0.25, 0.3) is 0 Å². The molecule has 2 heterocycles. The van der Waals surface area contributed by atoms with Gasteiger partial charge in [0.05, 0.1) is 23.8 Å². The molecule has 0 radical (unpaired) electrons. The molecule has 2 aliphatic rings. The SMILES string of the molecule is COc1ccc(SN2CCSC2C(=O)O[C@@H](Cc2c(Cl)cncc2Cl)c2ccc(OC(F)F)c(OCC3CC3)c2)cc1C(=O)O. The molecule has 2 aromatic carbocycles. The Bertz CT molecular complexity index is 1530. The molecule has 1 N–H and O–H groups in total. The normalized spacial score (nSPS) is 17.2. The number of alkyl halides is 2. The maximum atomic E-state index is 13.7. The lowest BCUT2D eigenvalue weighted by Crippen LogP contribution is -2.32. The van der Waals surface area contributed by atoms with Crippen LogP contribution in [-0.2, 0) is 16.0 Å². The number of carboxylic acids is 1. The highest BCUT2D eigenvalue weighted by Gasteiger charge is 2.36. The van der Waals surface area contributed by atoms with Gasteiger partial charge in [-0.15, -0.1) is 11.8 Å². The smallest absolute Gasteiger partial charge is 0.387 e. The maximum Gasteiger partial charge on any atom is 0.387 e. The zero-order chi connectivity index (χ0) is 32.1. The predicted octanol–water partition coefficient (Wildman–Crippen LogP) is 7.39. The van der Waals surface area contributed by atoms with Gasteiger partial charge in [0.25, 0.3) is 0 Å². The first-order valence-corrected chi connectivity index (χ1v) is 16.4. The molecule has 1 aromatic heterocycles. The summed E-state index contributed by atoms with van der Waals surface area (Å²) in [5, 5.41) is 9.38. The first-order chi connectivity index (χ1) is 21.6. The summed E-state index contributed by atoms with van der Waals surface area (Å²) < 4.78 is 49.9. The van der Waals surface area contributed by atoms with Gasteiger partial charge in [-0.3, -0.25) is 4.98 Å². The van der Waals surface area contributed by atoms with E-state index in [-0.39, 0.29) is 39.3 Å². The van der Waals surface area contributed by atoms with Gasteiger partial charge in [-0.1, -0.05) is 29.3 Å². The molecule has 2 fully saturated rings. The second kappa shape index (κ2) is 15.1. The van der Waals surface area contributed by atoms with Gasteiger partial charge in [0, 0.05) is 36.0 Å². The van der Waals surface area contributed by atoms with Crippen LogP contribution in [0.3, 0.4) is 0 Å². The number of hydrogen-bond donors (Lipinski definition) is 1. The summed E-state index contributed by atoms with van der Waals surface area (Å²) in [4.78, 5) is 30.0. The first kappa shape index (κ1) is 33.4. The monoisotopic (exact) mass is 700 g/mol. The predicted molar refractivity (Wildman–Crippen MR) is 167 cm³/mol. The number of carbonyl (C=O) groups is 2. The number of nitrogens with zero attached hydrogens (tertiary/aromatic N) is 2. The second-order valence-electron chi connectivity index (χ2n) is 10.2. The highest BCUT2D eigenvalue weighted by atomic mass is 35.5. The fourth-order valence-corrected chi connectivity index (χ4v) is 7.42. The Morgan fingerprint density at radius 1 is 1.11 bits per heavy atom. The Morgan fingerprint density at radius 2 is 1.84 bits per heavy atom. The number of hydrogen-bond acceptors (Lipinski definition) is 10. The highest BCUT2D eigenvalue weighted by Crippen LogP contribution is 2.40. The van der Waals surface area contributed by atoms with Crippen molar-refractivity contribution < 1.29 is 42.4 Å². The van der Waals surface area contributed by atoms with Crippen molar-refractivity contribution in [2.45, 2.75) is 42.2 Å². The zero-order valence-corrected chi connectivity index (χ0v) is 26.9. The van der Waals surface area contributed by atoms with Gasteiger partial charge in [-0.25, -0.2) is 13.9 Å². The maximum absolute atomic E-state index is 13.7. The number of aromatic nitrogens is 1. The van der Waals surface area contributed by atoms with Crippen molar-refractivity contribution in [1.82, 2.24) is 9.29 Å². The van der Waals surface area contributed by atoms with E-state index in [4.69, 9.17) is 37.4 Å². The lowest BCUT2D eigenvalue weighted by molar-refractivity contribution is -0.150. The van der Waals surface area contributed by atoms with Gasteiger partial charge < -0.3 is 24.1 Å². The van der Waals surface area contributed by atoms with Crippen LogP contribution in [0.15, 0.2) is 53.7 Å². The van der Waals surface area contributed by atoms with Gasteiger partial charge in [-0.05, 0) is 72.2 Å². The Hall–Kier alpha value is -2.97. The van der Waals surface area contributed by atoms with Crippen molar-refractivity contribution >= 4 is 58.9 Å². The number of carboxylic acid groups (broad SMARTS) is 1. The molecule has 240 valence electrons. The van der Waals surface area contributed by atoms with Gasteiger partial charge in [0.2, 0.25) is 0 Å². The molecule has 1 unspecified atom stereocenters. The molecule has 15 heteroatoms. The quantitative estimate of drug-likeness (QED) is 0.134. The molecule has 9 nitrogen and oxygen atoms in total. The number of halogens is 4. The van der Waals surface area contributed by atoms with Crippen LogP contribution in [0.1, 0.15) is 40.4 Å². The van der Waals surface area contributed by atoms with Crippen molar-refractivity contribution in [2.24, 2.45) is 5.92 Å². The first-order valence-electron chi connectivity index (χ1n) is 13.8. The number of pyridine rings is 1. The lowest BCUT2D eigenvalue weighted by Gasteiger charge is -2.25. The standard InChI is InChI=1S/C30H28Cl2F2N2O7S2/c1-40-23-7-5-18(11-20(23)28(37)38)45-36-8-9-44-27(36)29(39)42-25(12-19-21(31)13-35-14-22(19)32)17-4-6-24(43-30(33)34)26(10-17)41-15-16-2-3-16/h4-7,10-11,13-14,16,25,27,30H,2-3,8-9,12,15H2,1H3,(H,37,38)/t25-,27?/m0/s1. The number of esters is 1. The van der Waals surface area contributed by atoms with Crippen LogP contribution in [-0.4, -0.2) is 64.3 Å². The molecular formula is C30H28Cl2F2N2O7S2. The van der Waals surface area contributed by atoms with Crippen molar-refractivity contribution in [3.8, 4) is 17.2 Å².